The summed E-state index contributed by atoms with van der Waals surface area (Å²) in [6.07, 6.45) is 9.87. The van der Waals surface area contributed by atoms with E-state index in [0.29, 0.717) is 11.3 Å². The topological polar surface area (TPSA) is 29.1 Å². The zero-order valence-electron chi connectivity index (χ0n) is 10.1. The largest absolute Gasteiger partial charge is 0.243 e. The maximum atomic E-state index is 11.9. The Hall–Kier alpha value is 0.110. The first-order valence-corrected chi connectivity index (χ1v) is 7.62. The highest BCUT2D eigenvalue weighted by molar-refractivity contribution is 7.83. The fourth-order valence-corrected chi connectivity index (χ4v) is 3.28. The first kappa shape index (κ1) is 13.2. The molecular formula is C12H25NOS. The second kappa shape index (κ2) is 7.39. The van der Waals surface area contributed by atoms with Crippen LogP contribution >= 0.6 is 0 Å². The number of nitrogens with one attached hydrogen (secondary N) is 1. The standard InChI is InChI=1S/C12H25NOS/c1-3-4-8-11(2)15(14)13-12-9-6-5-7-10-12/h11-13H,3-10H2,1-2H3. The summed E-state index contributed by atoms with van der Waals surface area (Å²) in [6, 6.07) is 0.517. The van der Waals surface area contributed by atoms with Crippen molar-refractivity contribution in [3.63, 3.8) is 0 Å². The van der Waals surface area contributed by atoms with Gasteiger partial charge in [0.25, 0.3) is 0 Å². The molecule has 0 bridgehead atoms. The summed E-state index contributed by atoms with van der Waals surface area (Å²) < 4.78 is 15.2. The third-order valence-electron chi connectivity index (χ3n) is 3.22. The summed E-state index contributed by atoms with van der Waals surface area (Å²) in [5.74, 6) is 0. The van der Waals surface area contributed by atoms with Crippen molar-refractivity contribution in [1.82, 2.24) is 4.72 Å². The second-order valence-corrected chi connectivity index (χ2v) is 6.34. The Balaban J connectivity index is 2.20. The van der Waals surface area contributed by atoms with Crippen LogP contribution in [0, 0.1) is 0 Å². The summed E-state index contributed by atoms with van der Waals surface area (Å²) in [5, 5.41) is 0.312. The van der Waals surface area contributed by atoms with Crippen LogP contribution in [-0.2, 0) is 11.0 Å². The van der Waals surface area contributed by atoms with E-state index in [4.69, 9.17) is 0 Å². The van der Waals surface area contributed by atoms with Gasteiger partial charge in [0.05, 0.1) is 11.0 Å². The van der Waals surface area contributed by atoms with Crippen molar-refractivity contribution < 1.29 is 4.21 Å². The maximum absolute atomic E-state index is 11.9. The van der Waals surface area contributed by atoms with E-state index in [-0.39, 0.29) is 0 Å². The van der Waals surface area contributed by atoms with Gasteiger partial charge < -0.3 is 0 Å². The van der Waals surface area contributed by atoms with Crippen molar-refractivity contribution in [2.24, 2.45) is 0 Å². The van der Waals surface area contributed by atoms with E-state index in [0.717, 1.165) is 6.42 Å². The molecule has 1 saturated carbocycles. The first-order valence-electron chi connectivity index (χ1n) is 6.40. The van der Waals surface area contributed by atoms with Gasteiger partial charge in [-0.1, -0.05) is 39.0 Å². The van der Waals surface area contributed by atoms with Crippen LogP contribution < -0.4 is 4.72 Å². The Kier molecular flexibility index (Phi) is 6.50. The van der Waals surface area contributed by atoms with Crippen LogP contribution in [0.5, 0.6) is 0 Å². The van der Waals surface area contributed by atoms with Gasteiger partial charge in [-0.25, -0.2) is 8.93 Å². The normalized spacial score (nSPS) is 22.5. The summed E-state index contributed by atoms with van der Waals surface area (Å²) in [5.41, 5.74) is 0. The summed E-state index contributed by atoms with van der Waals surface area (Å²) >= 11 is 0. The van der Waals surface area contributed by atoms with Gasteiger partial charge in [-0.15, -0.1) is 0 Å². The summed E-state index contributed by atoms with van der Waals surface area (Å²) in [7, 11) is -0.814. The van der Waals surface area contributed by atoms with Crippen LogP contribution in [0.1, 0.15) is 65.2 Å². The van der Waals surface area contributed by atoms with Crippen molar-refractivity contribution in [1.29, 1.82) is 0 Å². The molecule has 0 aliphatic heterocycles. The van der Waals surface area contributed by atoms with Gasteiger partial charge in [-0.2, -0.15) is 0 Å². The molecule has 2 nitrogen and oxygen atoms in total. The van der Waals surface area contributed by atoms with Crippen molar-refractivity contribution >= 4 is 11.0 Å². The van der Waals surface area contributed by atoms with E-state index in [1.54, 1.807) is 0 Å². The van der Waals surface area contributed by atoms with Gasteiger partial charge >= 0.3 is 0 Å². The van der Waals surface area contributed by atoms with Crippen LogP contribution in [0.15, 0.2) is 0 Å². The molecule has 1 N–H and O–H groups in total. The predicted octanol–water partition coefficient (Wildman–Crippen LogP) is 3.15. The fraction of sp³-hybridized carbons (Fsp3) is 1.00. The third kappa shape index (κ3) is 5.12. The van der Waals surface area contributed by atoms with Crippen LogP contribution in [0.4, 0.5) is 0 Å². The zero-order chi connectivity index (χ0) is 11.1. The molecule has 0 heterocycles. The van der Waals surface area contributed by atoms with E-state index in [1.165, 1.54) is 44.9 Å². The van der Waals surface area contributed by atoms with Gasteiger partial charge in [0.2, 0.25) is 0 Å². The Labute approximate surface area is 96.8 Å². The Morgan fingerprint density at radius 3 is 2.60 bits per heavy atom. The Morgan fingerprint density at radius 2 is 2.00 bits per heavy atom. The lowest BCUT2D eigenvalue weighted by Crippen LogP contribution is -2.36. The molecule has 1 rings (SSSR count). The lowest BCUT2D eigenvalue weighted by atomic mass is 9.96. The maximum Gasteiger partial charge on any atom is 0.0946 e. The monoisotopic (exact) mass is 231 g/mol. The van der Waals surface area contributed by atoms with Crippen LogP contribution in [0.3, 0.4) is 0 Å². The number of unbranched alkanes of at least 4 members (excludes halogenated alkanes) is 1. The minimum absolute atomic E-state index is 0.312. The molecule has 0 radical (unpaired) electrons. The molecular weight excluding hydrogens is 206 g/mol. The van der Waals surface area contributed by atoms with Crippen LogP contribution in [0.2, 0.25) is 0 Å². The molecule has 0 spiro atoms. The van der Waals surface area contributed by atoms with Gasteiger partial charge in [0.15, 0.2) is 0 Å². The minimum atomic E-state index is -0.814. The Bertz CT molecular complexity index is 190. The molecule has 3 heteroatoms. The fourth-order valence-electron chi connectivity index (χ4n) is 2.10. The SMILES string of the molecule is CCCCC(C)S(=O)NC1CCCCC1. The number of hydrogen-bond acceptors (Lipinski definition) is 1. The molecule has 90 valence electrons. The highest BCUT2D eigenvalue weighted by Crippen LogP contribution is 2.18. The smallest absolute Gasteiger partial charge is 0.0946 e. The minimum Gasteiger partial charge on any atom is -0.243 e. The van der Waals surface area contributed by atoms with Crippen LogP contribution in [-0.4, -0.2) is 15.5 Å². The molecule has 0 amide bonds. The molecule has 1 aliphatic carbocycles. The molecule has 15 heavy (non-hydrogen) atoms. The van der Waals surface area contributed by atoms with Crippen LogP contribution in [0.25, 0.3) is 0 Å². The summed E-state index contributed by atoms with van der Waals surface area (Å²) in [4.78, 5) is 0. The first-order chi connectivity index (χ1) is 7.24. The Morgan fingerprint density at radius 1 is 1.33 bits per heavy atom. The van der Waals surface area contributed by atoms with E-state index in [2.05, 4.69) is 18.6 Å². The van der Waals surface area contributed by atoms with Gasteiger partial charge in [0.1, 0.15) is 0 Å². The van der Waals surface area contributed by atoms with Gasteiger partial charge in [0, 0.05) is 11.3 Å². The van der Waals surface area contributed by atoms with Crippen molar-refractivity contribution in [2.45, 2.75) is 76.5 Å². The highest BCUT2D eigenvalue weighted by atomic mass is 32.2. The second-order valence-electron chi connectivity index (χ2n) is 4.70. The molecule has 1 fully saturated rings. The quantitative estimate of drug-likeness (QED) is 0.747. The van der Waals surface area contributed by atoms with Crippen molar-refractivity contribution in [3.05, 3.63) is 0 Å². The molecule has 0 aromatic heterocycles. The van der Waals surface area contributed by atoms with Gasteiger partial charge in [-0.3, -0.25) is 0 Å². The van der Waals surface area contributed by atoms with E-state index < -0.39 is 11.0 Å². The molecule has 0 aromatic rings. The molecule has 2 atom stereocenters. The highest BCUT2D eigenvalue weighted by Gasteiger charge is 2.18. The van der Waals surface area contributed by atoms with Crippen molar-refractivity contribution in [2.75, 3.05) is 0 Å². The summed E-state index contributed by atoms with van der Waals surface area (Å²) in [6.45, 7) is 4.28. The molecule has 1 aliphatic rings. The van der Waals surface area contributed by atoms with Crippen molar-refractivity contribution in [3.8, 4) is 0 Å². The number of rotatable bonds is 6. The molecule has 0 aromatic carbocycles. The zero-order valence-corrected chi connectivity index (χ0v) is 10.9. The number of hydrogen-bond donors (Lipinski definition) is 1. The average Bonchev–Trinajstić information content (AvgIpc) is 2.27. The van der Waals surface area contributed by atoms with E-state index >= 15 is 0 Å². The lowest BCUT2D eigenvalue weighted by Gasteiger charge is -2.23. The lowest BCUT2D eigenvalue weighted by molar-refractivity contribution is 0.418. The van der Waals surface area contributed by atoms with E-state index in [1.807, 2.05) is 0 Å². The van der Waals surface area contributed by atoms with E-state index in [9.17, 15) is 4.21 Å². The third-order valence-corrected chi connectivity index (χ3v) is 4.75. The van der Waals surface area contributed by atoms with Gasteiger partial charge in [-0.05, 0) is 26.2 Å². The average molecular weight is 231 g/mol. The molecule has 0 saturated heterocycles. The molecule has 2 unspecified atom stereocenters. The predicted molar refractivity (Wildman–Crippen MR) is 67.1 cm³/mol.